The summed E-state index contributed by atoms with van der Waals surface area (Å²) in [6, 6.07) is 21.0. The Hall–Kier alpha value is -4.18. The van der Waals surface area contributed by atoms with E-state index in [1.54, 1.807) is 12.1 Å². The fourth-order valence-electron chi connectivity index (χ4n) is 3.70. The molecule has 194 valence electrons. The lowest BCUT2D eigenvalue weighted by atomic mass is 10.0. The Morgan fingerprint density at radius 2 is 1.66 bits per heavy atom. The van der Waals surface area contributed by atoms with Crippen molar-refractivity contribution in [2.45, 2.75) is 19.6 Å². The molecular weight excluding hydrogens is 526 g/mol. The van der Waals surface area contributed by atoms with Crippen molar-refractivity contribution in [3.05, 3.63) is 105 Å². The van der Waals surface area contributed by atoms with E-state index in [1.165, 1.54) is 29.5 Å². The topological polar surface area (TPSA) is 131 Å². The van der Waals surface area contributed by atoms with E-state index in [0.717, 1.165) is 27.1 Å². The molecule has 0 unspecified atom stereocenters. The van der Waals surface area contributed by atoms with Crippen LogP contribution in [0, 0.1) is 0 Å². The number of carboxylic acid groups (broad SMARTS) is 1. The summed E-state index contributed by atoms with van der Waals surface area (Å²) < 4.78 is 5.23. The number of benzene rings is 3. The Morgan fingerprint density at radius 3 is 2.39 bits per heavy atom. The third kappa shape index (κ3) is 7.42. The van der Waals surface area contributed by atoms with Crippen LogP contribution >= 0.6 is 22.9 Å². The number of carbonyl (C=O) groups excluding carboxylic acids is 2. The summed E-state index contributed by atoms with van der Waals surface area (Å²) in [6.45, 7) is 0.349. The maximum absolute atomic E-state index is 13.1. The number of nitrogens with two attached hydrogens (primary N) is 1. The van der Waals surface area contributed by atoms with Crippen molar-refractivity contribution in [1.29, 1.82) is 0 Å². The average Bonchev–Trinajstić information content (AvgIpc) is 3.35. The molecule has 38 heavy (non-hydrogen) atoms. The maximum atomic E-state index is 13.1. The molecule has 10 heteroatoms. The van der Waals surface area contributed by atoms with Crippen LogP contribution in [0.4, 0.5) is 16.2 Å². The smallest absolute Gasteiger partial charge is 0.411 e. The normalized spacial score (nSPS) is 10.6. The molecule has 4 aromatic rings. The van der Waals surface area contributed by atoms with E-state index in [9.17, 15) is 14.4 Å². The third-order valence-electron chi connectivity index (χ3n) is 5.42. The lowest BCUT2D eigenvalue weighted by Gasteiger charge is -2.12. The van der Waals surface area contributed by atoms with E-state index >= 15 is 0 Å². The number of carboxylic acids is 1. The number of amides is 2. The van der Waals surface area contributed by atoms with Gasteiger partial charge in [-0.2, -0.15) is 0 Å². The molecular formula is C28H24ClN3O5S. The lowest BCUT2D eigenvalue weighted by Crippen LogP contribution is -2.16. The van der Waals surface area contributed by atoms with Gasteiger partial charge in [0.2, 0.25) is 0 Å². The summed E-state index contributed by atoms with van der Waals surface area (Å²) in [7, 11) is 0. The Bertz CT molecular complexity index is 1470. The highest BCUT2D eigenvalue weighted by Crippen LogP contribution is 2.30. The summed E-state index contributed by atoms with van der Waals surface area (Å²) >= 11 is 7.57. The van der Waals surface area contributed by atoms with E-state index in [4.69, 9.17) is 27.2 Å². The van der Waals surface area contributed by atoms with Gasteiger partial charge in [0.1, 0.15) is 6.61 Å². The van der Waals surface area contributed by atoms with E-state index in [2.05, 4.69) is 10.6 Å². The molecule has 5 N–H and O–H groups in total. The van der Waals surface area contributed by atoms with Crippen LogP contribution < -0.4 is 16.4 Å². The van der Waals surface area contributed by atoms with Crippen LogP contribution in [0.1, 0.15) is 26.4 Å². The zero-order valence-corrected chi connectivity index (χ0v) is 21.6. The molecule has 0 atom stereocenters. The quantitative estimate of drug-likeness (QED) is 0.198. The molecule has 0 aliphatic rings. The second-order valence-corrected chi connectivity index (χ2v) is 9.80. The number of halogens is 1. The Morgan fingerprint density at radius 1 is 0.895 bits per heavy atom. The molecule has 0 aliphatic carbocycles. The number of hydrogen-bond donors (Lipinski definition) is 4. The standard InChI is InChI=1S/C28H24ClN3O5S/c29-22-8-20(10-24(12-22)32-28(36)37-15-17-4-2-1-3-5-17)27(35)31-23-7-18(14-30)6-19(9-23)21-11-25(38-16-21)13-26(33)34/h1-12,16H,13-15,30H2,(H,31,35)(H,32,36)(H,33,34). The SMILES string of the molecule is NCc1cc(NC(=O)c2cc(Cl)cc(NC(=O)OCc3ccccc3)c2)cc(-c2csc(CC(=O)O)c2)c1. The minimum atomic E-state index is -0.901. The molecule has 1 aromatic heterocycles. The van der Waals surface area contributed by atoms with Crippen molar-refractivity contribution in [2.75, 3.05) is 10.6 Å². The Labute approximate surface area is 228 Å². The third-order valence-corrected chi connectivity index (χ3v) is 6.57. The second kappa shape index (κ2) is 12.4. The summed E-state index contributed by atoms with van der Waals surface area (Å²) in [4.78, 5) is 37.1. The van der Waals surface area contributed by atoms with Crippen molar-refractivity contribution in [3.63, 3.8) is 0 Å². The van der Waals surface area contributed by atoms with Gasteiger partial charge in [0, 0.05) is 33.4 Å². The number of hydrogen-bond acceptors (Lipinski definition) is 6. The predicted molar refractivity (Wildman–Crippen MR) is 149 cm³/mol. The van der Waals surface area contributed by atoms with Gasteiger partial charge in [-0.1, -0.05) is 41.9 Å². The van der Waals surface area contributed by atoms with Gasteiger partial charge in [0.15, 0.2) is 0 Å². The van der Waals surface area contributed by atoms with Gasteiger partial charge in [0.25, 0.3) is 5.91 Å². The Kier molecular flexibility index (Phi) is 8.75. The van der Waals surface area contributed by atoms with E-state index < -0.39 is 18.0 Å². The first-order valence-corrected chi connectivity index (χ1v) is 12.8. The molecule has 0 saturated heterocycles. The largest absolute Gasteiger partial charge is 0.481 e. The summed E-state index contributed by atoms with van der Waals surface area (Å²) in [6.07, 6.45) is -0.740. The van der Waals surface area contributed by atoms with E-state index in [1.807, 2.05) is 47.8 Å². The molecule has 3 aromatic carbocycles. The number of rotatable bonds is 9. The van der Waals surface area contributed by atoms with Crippen molar-refractivity contribution in [1.82, 2.24) is 0 Å². The number of carbonyl (C=O) groups is 3. The zero-order valence-electron chi connectivity index (χ0n) is 20.1. The minimum absolute atomic E-state index is 0.0597. The van der Waals surface area contributed by atoms with Gasteiger partial charge in [-0.3, -0.25) is 14.9 Å². The maximum Gasteiger partial charge on any atom is 0.411 e. The van der Waals surface area contributed by atoms with Crippen LogP contribution in [-0.2, 0) is 29.1 Å². The molecule has 0 spiro atoms. The van der Waals surface area contributed by atoms with Gasteiger partial charge in [-0.25, -0.2) is 4.79 Å². The van der Waals surface area contributed by atoms with Gasteiger partial charge in [0.05, 0.1) is 6.42 Å². The first kappa shape index (κ1) is 26.9. The van der Waals surface area contributed by atoms with Crippen LogP contribution in [-0.4, -0.2) is 23.1 Å². The van der Waals surface area contributed by atoms with E-state index in [-0.39, 0.29) is 30.2 Å². The fourth-order valence-corrected chi connectivity index (χ4v) is 4.82. The fraction of sp³-hybridized carbons (Fsp3) is 0.107. The summed E-state index contributed by atoms with van der Waals surface area (Å²) in [5, 5.41) is 16.6. The molecule has 0 fully saturated rings. The Balaban J connectivity index is 1.47. The molecule has 8 nitrogen and oxygen atoms in total. The number of nitrogens with one attached hydrogen (secondary N) is 2. The van der Waals surface area contributed by atoms with Gasteiger partial charge >= 0.3 is 12.1 Å². The van der Waals surface area contributed by atoms with E-state index in [0.29, 0.717) is 11.4 Å². The highest BCUT2D eigenvalue weighted by Gasteiger charge is 2.14. The predicted octanol–water partition coefficient (Wildman–Crippen LogP) is 6.16. The first-order valence-electron chi connectivity index (χ1n) is 11.5. The first-order chi connectivity index (χ1) is 18.3. The van der Waals surface area contributed by atoms with Crippen molar-refractivity contribution in [2.24, 2.45) is 5.73 Å². The van der Waals surface area contributed by atoms with Gasteiger partial charge in [-0.15, -0.1) is 11.3 Å². The average molecular weight is 550 g/mol. The number of anilines is 2. The van der Waals surface area contributed by atoms with Crippen molar-refractivity contribution in [3.8, 4) is 11.1 Å². The second-order valence-electron chi connectivity index (χ2n) is 8.36. The number of aliphatic carboxylic acids is 1. The van der Waals surface area contributed by atoms with Crippen LogP contribution in [0.15, 0.2) is 78.2 Å². The van der Waals surface area contributed by atoms with Crippen LogP contribution in [0.3, 0.4) is 0 Å². The molecule has 2 amide bonds. The number of ether oxygens (including phenoxy) is 1. The number of thiophene rings is 1. The highest BCUT2D eigenvalue weighted by atomic mass is 35.5. The van der Waals surface area contributed by atoms with Gasteiger partial charge < -0.3 is 20.9 Å². The molecule has 1 heterocycles. The highest BCUT2D eigenvalue weighted by molar-refractivity contribution is 7.10. The molecule has 4 rings (SSSR count). The molecule has 0 saturated carbocycles. The minimum Gasteiger partial charge on any atom is -0.481 e. The van der Waals surface area contributed by atoms with Crippen molar-refractivity contribution >= 4 is 52.3 Å². The van der Waals surface area contributed by atoms with Crippen molar-refractivity contribution < 1.29 is 24.2 Å². The molecule has 0 radical (unpaired) electrons. The van der Waals surface area contributed by atoms with Crippen LogP contribution in [0.2, 0.25) is 5.02 Å². The summed E-state index contributed by atoms with van der Waals surface area (Å²) in [5.74, 6) is -1.34. The monoisotopic (exact) mass is 549 g/mol. The van der Waals surface area contributed by atoms with Crippen LogP contribution in [0.25, 0.3) is 11.1 Å². The van der Waals surface area contributed by atoms with Gasteiger partial charge in [-0.05, 0) is 70.1 Å². The molecule has 0 aliphatic heterocycles. The van der Waals surface area contributed by atoms with Crippen LogP contribution in [0.5, 0.6) is 0 Å². The summed E-state index contributed by atoms with van der Waals surface area (Å²) in [5.41, 5.74) is 10.2. The molecule has 0 bridgehead atoms. The lowest BCUT2D eigenvalue weighted by molar-refractivity contribution is -0.136. The zero-order chi connectivity index (χ0) is 27.1.